The first-order chi connectivity index (χ1) is 7.13. The van der Waals surface area contributed by atoms with Crippen molar-refractivity contribution in [2.45, 2.75) is 32.7 Å². The number of hydrogen-bond donors (Lipinski definition) is 2. The van der Waals surface area contributed by atoms with E-state index >= 15 is 0 Å². The van der Waals surface area contributed by atoms with Crippen molar-refractivity contribution in [2.24, 2.45) is 0 Å². The molecular formula is C9H15N3O3. The summed E-state index contributed by atoms with van der Waals surface area (Å²) in [6.07, 6.45) is 1.13. The van der Waals surface area contributed by atoms with Crippen molar-refractivity contribution in [1.29, 1.82) is 0 Å². The number of aromatic nitrogens is 2. The molecule has 0 aromatic carbocycles. The van der Waals surface area contributed by atoms with E-state index < -0.39 is 12.0 Å². The standard InChI is InChI=1S/C9H15N3O3/c1-3-7(9(13)14)10-5-4-8-11-6(2)15-12-8/h7,10H,3-5H2,1-2H3,(H,13,14). The number of carboxylic acid groups (broad SMARTS) is 1. The van der Waals surface area contributed by atoms with Crippen LogP contribution in [0.4, 0.5) is 0 Å². The molecule has 0 spiro atoms. The highest BCUT2D eigenvalue weighted by Gasteiger charge is 2.13. The Bertz CT molecular complexity index is 324. The van der Waals surface area contributed by atoms with E-state index in [1.807, 2.05) is 6.92 Å². The van der Waals surface area contributed by atoms with Gasteiger partial charge in [-0.15, -0.1) is 0 Å². The van der Waals surface area contributed by atoms with Crippen molar-refractivity contribution in [3.8, 4) is 0 Å². The maximum atomic E-state index is 10.7. The van der Waals surface area contributed by atoms with Gasteiger partial charge in [0, 0.05) is 19.9 Å². The normalized spacial score (nSPS) is 12.7. The molecule has 0 aliphatic rings. The minimum Gasteiger partial charge on any atom is -0.480 e. The summed E-state index contributed by atoms with van der Waals surface area (Å²) in [7, 11) is 0. The molecule has 1 aromatic heterocycles. The molecule has 0 saturated carbocycles. The predicted molar refractivity (Wildman–Crippen MR) is 52.5 cm³/mol. The minimum absolute atomic E-state index is 0.502. The van der Waals surface area contributed by atoms with Crippen molar-refractivity contribution >= 4 is 5.97 Å². The van der Waals surface area contributed by atoms with Gasteiger partial charge in [0.1, 0.15) is 6.04 Å². The number of carboxylic acids is 1. The average molecular weight is 213 g/mol. The Balaban J connectivity index is 2.29. The van der Waals surface area contributed by atoms with Crippen LogP contribution < -0.4 is 5.32 Å². The zero-order chi connectivity index (χ0) is 11.3. The molecule has 6 heteroatoms. The van der Waals surface area contributed by atoms with Gasteiger partial charge in [-0.2, -0.15) is 4.98 Å². The number of nitrogens with zero attached hydrogens (tertiary/aromatic N) is 2. The molecule has 0 saturated heterocycles. The maximum absolute atomic E-state index is 10.7. The summed E-state index contributed by atoms with van der Waals surface area (Å²) in [6.45, 7) is 4.07. The van der Waals surface area contributed by atoms with Crippen LogP contribution in [0, 0.1) is 6.92 Å². The van der Waals surface area contributed by atoms with Gasteiger partial charge >= 0.3 is 5.97 Å². The van der Waals surface area contributed by atoms with Gasteiger partial charge < -0.3 is 14.9 Å². The fourth-order valence-electron chi connectivity index (χ4n) is 1.21. The second-order valence-electron chi connectivity index (χ2n) is 3.23. The van der Waals surface area contributed by atoms with Gasteiger partial charge in [0.05, 0.1) is 0 Å². The molecule has 0 radical (unpaired) electrons. The number of nitrogens with one attached hydrogen (secondary N) is 1. The third-order valence-electron chi connectivity index (χ3n) is 2.02. The third kappa shape index (κ3) is 3.67. The lowest BCUT2D eigenvalue weighted by atomic mass is 10.2. The first-order valence-electron chi connectivity index (χ1n) is 4.89. The van der Waals surface area contributed by atoms with Crippen LogP contribution in [0.2, 0.25) is 0 Å². The van der Waals surface area contributed by atoms with Crippen LogP contribution in [0.15, 0.2) is 4.52 Å². The zero-order valence-corrected chi connectivity index (χ0v) is 8.86. The average Bonchev–Trinajstić information content (AvgIpc) is 2.58. The van der Waals surface area contributed by atoms with E-state index in [4.69, 9.17) is 9.63 Å². The topological polar surface area (TPSA) is 88.3 Å². The molecule has 6 nitrogen and oxygen atoms in total. The number of aliphatic carboxylic acids is 1. The molecule has 0 aliphatic heterocycles. The van der Waals surface area contributed by atoms with Crippen LogP contribution in [-0.2, 0) is 11.2 Å². The quantitative estimate of drug-likeness (QED) is 0.710. The van der Waals surface area contributed by atoms with Crippen LogP contribution in [0.1, 0.15) is 25.1 Å². The number of carbonyl (C=O) groups is 1. The van der Waals surface area contributed by atoms with Gasteiger partial charge in [-0.3, -0.25) is 4.79 Å². The Hall–Kier alpha value is -1.43. The molecule has 1 unspecified atom stereocenters. The van der Waals surface area contributed by atoms with Crippen molar-refractivity contribution in [3.05, 3.63) is 11.7 Å². The fraction of sp³-hybridized carbons (Fsp3) is 0.667. The third-order valence-corrected chi connectivity index (χ3v) is 2.02. The Labute approximate surface area is 87.7 Å². The molecule has 1 aromatic rings. The Morgan fingerprint density at radius 2 is 2.40 bits per heavy atom. The van der Waals surface area contributed by atoms with Crippen LogP contribution in [0.3, 0.4) is 0 Å². The summed E-state index contributed by atoms with van der Waals surface area (Å²) in [4.78, 5) is 14.7. The number of rotatable bonds is 6. The lowest BCUT2D eigenvalue weighted by molar-refractivity contribution is -0.139. The lowest BCUT2D eigenvalue weighted by Crippen LogP contribution is -2.37. The maximum Gasteiger partial charge on any atom is 0.320 e. The van der Waals surface area contributed by atoms with Crippen molar-refractivity contribution in [3.63, 3.8) is 0 Å². The van der Waals surface area contributed by atoms with Crippen LogP contribution in [-0.4, -0.2) is 33.8 Å². The summed E-state index contributed by atoms with van der Waals surface area (Å²) >= 11 is 0. The predicted octanol–water partition coefficient (Wildman–Crippen LogP) is 0.373. The summed E-state index contributed by atoms with van der Waals surface area (Å²) in [6, 6.07) is -0.502. The summed E-state index contributed by atoms with van der Waals surface area (Å²) in [5.74, 6) is 0.289. The van der Waals surface area contributed by atoms with Gasteiger partial charge in [-0.05, 0) is 6.42 Å². The van der Waals surface area contributed by atoms with Crippen molar-refractivity contribution in [2.75, 3.05) is 6.54 Å². The molecule has 1 heterocycles. The molecule has 1 atom stereocenters. The first kappa shape index (κ1) is 11.6. The van der Waals surface area contributed by atoms with Crippen molar-refractivity contribution in [1.82, 2.24) is 15.5 Å². The highest BCUT2D eigenvalue weighted by Crippen LogP contribution is 1.96. The van der Waals surface area contributed by atoms with Gasteiger partial charge in [0.15, 0.2) is 5.82 Å². The molecule has 1 rings (SSSR count). The molecule has 0 aliphatic carbocycles. The Morgan fingerprint density at radius 3 is 2.87 bits per heavy atom. The Morgan fingerprint density at radius 1 is 1.67 bits per heavy atom. The van der Waals surface area contributed by atoms with Crippen molar-refractivity contribution < 1.29 is 14.4 Å². The van der Waals surface area contributed by atoms with E-state index in [9.17, 15) is 4.79 Å². The van der Waals surface area contributed by atoms with E-state index in [-0.39, 0.29) is 0 Å². The second-order valence-corrected chi connectivity index (χ2v) is 3.23. The highest BCUT2D eigenvalue weighted by molar-refractivity contribution is 5.73. The largest absolute Gasteiger partial charge is 0.480 e. The van der Waals surface area contributed by atoms with Gasteiger partial charge in [0.2, 0.25) is 5.89 Å². The fourth-order valence-corrected chi connectivity index (χ4v) is 1.21. The molecule has 0 bridgehead atoms. The Kier molecular flexibility index (Phi) is 4.23. The lowest BCUT2D eigenvalue weighted by Gasteiger charge is -2.10. The van der Waals surface area contributed by atoms with E-state index in [1.165, 1.54) is 0 Å². The second kappa shape index (κ2) is 5.45. The highest BCUT2D eigenvalue weighted by atomic mass is 16.5. The van der Waals surface area contributed by atoms with E-state index in [1.54, 1.807) is 6.92 Å². The van der Waals surface area contributed by atoms with Crippen LogP contribution in [0.5, 0.6) is 0 Å². The van der Waals surface area contributed by atoms with E-state index in [2.05, 4.69) is 15.5 Å². The van der Waals surface area contributed by atoms with Crippen LogP contribution in [0.25, 0.3) is 0 Å². The van der Waals surface area contributed by atoms with Gasteiger partial charge in [-0.1, -0.05) is 12.1 Å². The molecule has 0 fully saturated rings. The van der Waals surface area contributed by atoms with Crippen LogP contribution >= 0.6 is 0 Å². The number of aryl methyl sites for hydroxylation is 1. The first-order valence-corrected chi connectivity index (χ1v) is 4.89. The minimum atomic E-state index is -0.832. The summed E-state index contributed by atoms with van der Waals surface area (Å²) < 4.78 is 4.79. The van der Waals surface area contributed by atoms with E-state index in [0.29, 0.717) is 31.1 Å². The molecule has 15 heavy (non-hydrogen) atoms. The number of hydrogen-bond acceptors (Lipinski definition) is 5. The van der Waals surface area contributed by atoms with Gasteiger partial charge in [-0.25, -0.2) is 0 Å². The smallest absolute Gasteiger partial charge is 0.320 e. The SMILES string of the molecule is CCC(NCCc1noc(C)n1)C(=O)O. The van der Waals surface area contributed by atoms with E-state index in [0.717, 1.165) is 0 Å². The summed E-state index contributed by atoms with van der Waals surface area (Å²) in [5, 5.41) is 15.4. The molecule has 0 amide bonds. The monoisotopic (exact) mass is 213 g/mol. The zero-order valence-electron chi connectivity index (χ0n) is 8.86. The molecule has 84 valence electrons. The molecule has 2 N–H and O–H groups in total. The van der Waals surface area contributed by atoms with Gasteiger partial charge in [0.25, 0.3) is 0 Å². The summed E-state index contributed by atoms with van der Waals surface area (Å²) in [5.41, 5.74) is 0. The molecular weight excluding hydrogens is 198 g/mol.